The van der Waals surface area contributed by atoms with Crippen LogP contribution >= 0.6 is 12.2 Å². The van der Waals surface area contributed by atoms with E-state index in [1.165, 1.54) is 12.2 Å². The van der Waals surface area contributed by atoms with Crippen LogP contribution in [0, 0.1) is 18.8 Å². The second-order valence-electron chi connectivity index (χ2n) is 5.97. The Hall–Kier alpha value is -1.92. The monoisotopic (exact) mass is 407 g/mol. The lowest BCUT2D eigenvalue weighted by atomic mass is 9.99. The number of rotatable bonds is 5. The molecule has 1 aliphatic heterocycles. The molecule has 4 nitrogen and oxygen atoms in total. The van der Waals surface area contributed by atoms with Gasteiger partial charge >= 0.3 is 6.18 Å². The molecule has 27 heavy (non-hydrogen) atoms. The van der Waals surface area contributed by atoms with Crippen molar-refractivity contribution in [2.24, 2.45) is 11.0 Å². The van der Waals surface area contributed by atoms with Gasteiger partial charge in [0.15, 0.2) is 5.11 Å². The SMILES string of the molecule is C#C.CC/C=C(F)\C(=C/CC)NC(=S)N1N=C(C(C)C)CC1(O)C(F)(F)F. The van der Waals surface area contributed by atoms with Gasteiger partial charge in [-0.15, -0.1) is 12.8 Å². The largest absolute Gasteiger partial charge is 0.438 e. The number of hydrazone groups is 1. The quantitative estimate of drug-likeness (QED) is 0.302. The summed E-state index contributed by atoms with van der Waals surface area (Å²) in [5, 5.41) is 16.3. The molecule has 0 bridgehead atoms. The average molecular weight is 407 g/mol. The third-order valence-corrected chi connectivity index (χ3v) is 3.88. The van der Waals surface area contributed by atoms with Gasteiger partial charge in [0.05, 0.1) is 5.70 Å². The number of nitrogens with zero attached hydrogens (tertiary/aromatic N) is 2. The molecule has 0 saturated heterocycles. The lowest BCUT2D eigenvalue weighted by Gasteiger charge is -2.34. The van der Waals surface area contributed by atoms with Crippen molar-refractivity contribution in [2.75, 3.05) is 0 Å². The minimum atomic E-state index is -4.98. The molecule has 1 heterocycles. The van der Waals surface area contributed by atoms with Crippen LogP contribution in [0.25, 0.3) is 0 Å². The maximum Gasteiger partial charge on any atom is 0.438 e. The van der Waals surface area contributed by atoms with Gasteiger partial charge in [-0.25, -0.2) is 4.39 Å². The van der Waals surface area contributed by atoms with E-state index in [2.05, 4.69) is 23.3 Å². The van der Waals surface area contributed by atoms with Gasteiger partial charge in [0.2, 0.25) is 0 Å². The van der Waals surface area contributed by atoms with Crippen LogP contribution in [0.2, 0.25) is 0 Å². The number of allylic oxidation sites excluding steroid dienone is 3. The number of aliphatic hydroxyl groups is 1. The summed E-state index contributed by atoms with van der Waals surface area (Å²) < 4.78 is 54.3. The maximum absolute atomic E-state index is 14.1. The van der Waals surface area contributed by atoms with Crippen LogP contribution in [0.4, 0.5) is 17.6 Å². The fourth-order valence-electron chi connectivity index (χ4n) is 2.20. The first-order chi connectivity index (χ1) is 12.5. The van der Waals surface area contributed by atoms with Crippen molar-refractivity contribution in [2.45, 2.75) is 58.9 Å². The van der Waals surface area contributed by atoms with E-state index in [0.29, 0.717) is 17.9 Å². The highest BCUT2D eigenvalue weighted by molar-refractivity contribution is 7.80. The molecule has 1 unspecified atom stereocenters. The zero-order valence-electron chi connectivity index (χ0n) is 15.8. The van der Waals surface area contributed by atoms with Crippen LogP contribution in [0.5, 0.6) is 0 Å². The molecule has 0 spiro atoms. The summed E-state index contributed by atoms with van der Waals surface area (Å²) in [6, 6.07) is 0. The summed E-state index contributed by atoms with van der Waals surface area (Å²) in [6.45, 7) is 6.81. The summed E-state index contributed by atoms with van der Waals surface area (Å²) in [6.07, 6.45) is 5.90. The Morgan fingerprint density at radius 3 is 2.26 bits per heavy atom. The molecule has 2 N–H and O–H groups in total. The van der Waals surface area contributed by atoms with E-state index in [0.717, 1.165) is 0 Å². The molecule has 0 aromatic rings. The predicted molar refractivity (Wildman–Crippen MR) is 103 cm³/mol. The number of hydrogen-bond donors (Lipinski definition) is 2. The van der Waals surface area contributed by atoms with Gasteiger partial charge in [0.25, 0.3) is 5.72 Å². The standard InChI is InChI=1S/C16H23F4N3OS.C2H2/c1-5-7-11(17)12(8-6-2)21-14(25)23-15(24,16(18,19)20)9-13(22-23)10(3)4;1-2/h7-8,10,24H,5-6,9H2,1-4H3,(H,21,25);1-2H/b11-7+,12-8+;. The minimum absolute atomic E-state index is 0.0490. The van der Waals surface area contributed by atoms with E-state index in [1.807, 2.05) is 0 Å². The molecule has 1 aliphatic rings. The van der Waals surface area contributed by atoms with E-state index in [4.69, 9.17) is 12.2 Å². The molecular formula is C18H25F4N3OS. The third-order valence-electron chi connectivity index (χ3n) is 3.61. The van der Waals surface area contributed by atoms with Gasteiger partial charge in [0.1, 0.15) is 5.83 Å². The number of thiocarbonyl (C=S) groups is 1. The number of hydrogen-bond acceptors (Lipinski definition) is 3. The van der Waals surface area contributed by atoms with Crippen LogP contribution in [0.1, 0.15) is 47.0 Å². The Balaban J connectivity index is 0.00000326. The molecule has 1 rings (SSSR count). The van der Waals surface area contributed by atoms with E-state index in [1.54, 1.807) is 27.7 Å². The van der Waals surface area contributed by atoms with Crippen LogP contribution in [0.15, 0.2) is 28.8 Å². The van der Waals surface area contributed by atoms with Crippen molar-refractivity contribution in [3.8, 4) is 12.8 Å². The molecule has 9 heteroatoms. The molecule has 0 fully saturated rings. The fraction of sp³-hybridized carbons (Fsp3) is 0.556. The highest BCUT2D eigenvalue weighted by Crippen LogP contribution is 2.41. The zero-order valence-corrected chi connectivity index (χ0v) is 16.6. The Kier molecular flexibility index (Phi) is 9.68. The van der Waals surface area contributed by atoms with Gasteiger partial charge in [0, 0.05) is 12.1 Å². The molecule has 0 radical (unpaired) electrons. The van der Waals surface area contributed by atoms with Crippen molar-refractivity contribution in [3.05, 3.63) is 23.7 Å². The number of halogens is 4. The van der Waals surface area contributed by atoms with Crippen molar-refractivity contribution in [3.63, 3.8) is 0 Å². The average Bonchev–Trinajstić information content (AvgIpc) is 2.96. The van der Waals surface area contributed by atoms with Crippen molar-refractivity contribution < 1.29 is 22.7 Å². The minimum Gasteiger partial charge on any atom is -0.362 e. The zero-order chi connectivity index (χ0) is 21.4. The summed E-state index contributed by atoms with van der Waals surface area (Å²) in [5.41, 5.74) is -3.14. The van der Waals surface area contributed by atoms with E-state index in [-0.39, 0.29) is 17.3 Å². The van der Waals surface area contributed by atoms with Gasteiger partial charge in [-0.05, 0) is 37.1 Å². The first-order valence-electron chi connectivity index (χ1n) is 8.35. The molecule has 0 aliphatic carbocycles. The van der Waals surface area contributed by atoms with Gasteiger partial charge in [-0.3, -0.25) is 0 Å². The van der Waals surface area contributed by atoms with E-state index >= 15 is 0 Å². The Bertz CT molecular complexity index is 638. The van der Waals surface area contributed by atoms with Crippen LogP contribution in [-0.4, -0.2) is 32.8 Å². The smallest absolute Gasteiger partial charge is 0.362 e. The number of nitrogens with one attached hydrogen (secondary N) is 1. The van der Waals surface area contributed by atoms with Crippen LogP contribution < -0.4 is 5.32 Å². The normalized spacial score (nSPS) is 20.9. The second-order valence-corrected chi connectivity index (χ2v) is 6.35. The second kappa shape index (κ2) is 10.4. The van der Waals surface area contributed by atoms with Crippen molar-refractivity contribution in [1.82, 2.24) is 10.3 Å². The first kappa shape index (κ1) is 25.1. The van der Waals surface area contributed by atoms with Crippen molar-refractivity contribution >= 4 is 23.0 Å². The molecular weight excluding hydrogens is 382 g/mol. The maximum atomic E-state index is 14.1. The van der Waals surface area contributed by atoms with Gasteiger partial charge in [-0.1, -0.05) is 33.8 Å². The fourth-order valence-corrected chi connectivity index (χ4v) is 2.50. The lowest BCUT2D eigenvalue weighted by Crippen LogP contribution is -2.58. The topological polar surface area (TPSA) is 47.9 Å². The highest BCUT2D eigenvalue weighted by Gasteiger charge is 2.62. The molecule has 0 aromatic heterocycles. The lowest BCUT2D eigenvalue weighted by molar-refractivity contribution is -0.294. The first-order valence-corrected chi connectivity index (χ1v) is 8.75. The van der Waals surface area contributed by atoms with Crippen molar-refractivity contribution in [1.29, 1.82) is 0 Å². The van der Waals surface area contributed by atoms with Gasteiger partial charge < -0.3 is 10.4 Å². The highest BCUT2D eigenvalue weighted by atomic mass is 32.1. The third kappa shape index (κ3) is 6.04. The predicted octanol–water partition coefficient (Wildman–Crippen LogP) is 4.64. The Morgan fingerprint density at radius 1 is 1.33 bits per heavy atom. The summed E-state index contributed by atoms with van der Waals surface area (Å²) in [5.74, 6) is -0.932. The number of terminal acetylenes is 1. The summed E-state index contributed by atoms with van der Waals surface area (Å²) in [7, 11) is 0. The number of alkyl halides is 3. The molecule has 152 valence electrons. The van der Waals surface area contributed by atoms with Crippen LogP contribution in [-0.2, 0) is 0 Å². The van der Waals surface area contributed by atoms with Crippen LogP contribution in [0.3, 0.4) is 0 Å². The molecule has 0 aromatic carbocycles. The molecule has 0 saturated carbocycles. The Labute approximate surface area is 163 Å². The van der Waals surface area contributed by atoms with E-state index in [9.17, 15) is 22.7 Å². The summed E-state index contributed by atoms with van der Waals surface area (Å²) in [4.78, 5) is 0. The summed E-state index contributed by atoms with van der Waals surface area (Å²) >= 11 is 4.98. The van der Waals surface area contributed by atoms with Gasteiger partial charge in [-0.2, -0.15) is 23.3 Å². The molecule has 1 atom stereocenters. The molecule has 0 amide bonds. The Morgan fingerprint density at radius 2 is 1.85 bits per heavy atom. The van der Waals surface area contributed by atoms with E-state index < -0.39 is 29.3 Å².